The van der Waals surface area contributed by atoms with Gasteiger partial charge in [-0.2, -0.15) is 12.6 Å². The maximum atomic E-state index is 11.1. The molecule has 0 radical (unpaired) electrons. The fourth-order valence-corrected chi connectivity index (χ4v) is 1.96. The number of oxazole rings is 1. The summed E-state index contributed by atoms with van der Waals surface area (Å²) in [7, 11) is 0. The molecule has 0 bridgehead atoms. The van der Waals surface area contributed by atoms with Crippen molar-refractivity contribution in [1.82, 2.24) is 10.3 Å². The third kappa shape index (κ3) is 2.56. The van der Waals surface area contributed by atoms with Crippen LogP contribution in [0.2, 0.25) is 0 Å². The van der Waals surface area contributed by atoms with E-state index in [1.54, 1.807) is 0 Å². The summed E-state index contributed by atoms with van der Waals surface area (Å²) in [6, 6.07) is 5.77. The molecule has 0 unspecified atom stereocenters. The van der Waals surface area contributed by atoms with Gasteiger partial charge >= 0.3 is 5.76 Å². The van der Waals surface area contributed by atoms with Crippen molar-refractivity contribution in [2.24, 2.45) is 0 Å². The van der Waals surface area contributed by atoms with Crippen LogP contribution in [0.5, 0.6) is 0 Å². The molecule has 0 aliphatic carbocycles. The van der Waals surface area contributed by atoms with Crippen LogP contribution in [0.4, 0.5) is 0 Å². The first kappa shape index (κ1) is 12.3. The third-order valence-electron chi connectivity index (χ3n) is 2.88. The minimum atomic E-state index is -0.413. The molecule has 0 fully saturated rings. The Bertz CT molecular complexity index is 571. The third-order valence-corrected chi connectivity index (χ3v) is 3.10. The zero-order valence-corrected chi connectivity index (χ0v) is 10.8. The first-order valence-electron chi connectivity index (χ1n) is 5.48. The number of aromatic nitrogens is 1. The first-order valence-corrected chi connectivity index (χ1v) is 6.11. The maximum Gasteiger partial charge on any atom is 0.417 e. The molecule has 2 rings (SSSR count). The Balaban J connectivity index is 2.37. The monoisotopic (exact) mass is 252 g/mol. The Kier molecular flexibility index (Phi) is 3.31. The molecule has 0 aliphatic rings. The molecule has 4 nitrogen and oxygen atoms in total. The highest BCUT2D eigenvalue weighted by Gasteiger charge is 2.20. The fourth-order valence-electron chi connectivity index (χ4n) is 1.84. The van der Waals surface area contributed by atoms with Crippen molar-refractivity contribution < 1.29 is 4.42 Å². The number of benzene rings is 1. The molecule has 0 amide bonds. The SMILES string of the molecule is CC(C)(CNCS)c1ccc2oc(=O)[nH]c2c1. The highest BCUT2D eigenvalue weighted by Crippen LogP contribution is 2.25. The second-order valence-electron chi connectivity index (χ2n) is 4.69. The molecule has 5 heteroatoms. The number of rotatable bonds is 4. The van der Waals surface area contributed by atoms with Crippen LogP contribution in [-0.2, 0) is 5.41 Å². The molecule has 0 aliphatic heterocycles. The van der Waals surface area contributed by atoms with Crippen LogP contribution < -0.4 is 11.1 Å². The smallest absolute Gasteiger partial charge is 0.408 e. The minimum Gasteiger partial charge on any atom is -0.408 e. The van der Waals surface area contributed by atoms with E-state index in [4.69, 9.17) is 4.42 Å². The number of hydrogen-bond donors (Lipinski definition) is 3. The molecule has 0 saturated heterocycles. The molecule has 92 valence electrons. The van der Waals surface area contributed by atoms with E-state index in [1.807, 2.05) is 18.2 Å². The molecule has 2 N–H and O–H groups in total. The van der Waals surface area contributed by atoms with Crippen LogP contribution >= 0.6 is 12.6 Å². The second kappa shape index (κ2) is 4.58. The number of aromatic amines is 1. The van der Waals surface area contributed by atoms with Crippen molar-refractivity contribution in [1.29, 1.82) is 0 Å². The van der Waals surface area contributed by atoms with Gasteiger partial charge in [-0.3, -0.25) is 4.98 Å². The number of H-pyrrole nitrogens is 1. The van der Waals surface area contributed by atoms with Crippen molar-refractivity contribution in [3.05, 3.63) is 34.3 Å². The zero-order chi connectivity index (χ0) is 12.5. The molecule has 0 spiro atoms. The second-order valence-corrected chi connectivity index (χ2v) is 5.01. The number of nitrogens with one attached hydrogen (secondary N) is 2. The van der Waals surface area contributed by atoms with Crippen LogP contribution in [0.15, 0.2) is 27.4 Å². The van der Waals surface area contributed by atoms with Crippen molar-refractivity contribution in [3.8, 4) is 0 Å². The van der Waals surface area contributed by atoms with Gasteiger partial charge in [0.1, 0.15) is 0 Å². The van der Waals surface area contributed by atoms with Crippen molar-refractivity contribution in [2.45, 2.75) is 19.3 Å². The molecular formula is C12H16N2O2S. The van der Waals surface area contributed by atoms with Gasteiger partial charge < -0.3 is 9.73 Å². The minimum absolute atomic E-state index is 0.0227. The van der Waals surface area contributed by atoms with E-state index in [9.17, 15) is 4.79 Å². The van der Waals surface area contributed by atoms with Gasteiger partial charge in [-0.1, -0.05) is 19.9 Å². The quantitative estimate of drug-likeness (QED) is 0.575. The Morgan fingerprint density at radius 2 is 2.24 bits per heavy atom. The molecule has 2 aromatic rings. The average Bonchev–Trinajstić information content (AvgIpc) is 2.65. The zero-order valence-electron chi connectivity index (χ0n) is 9.91. The summed E-state index contributed by atoms with van der Waals surface area (Å²) in [5.41, 5.74) is 2.46. The molecule has 17 heavy (non-hydrogen) atoms. The molecule has 1 aromatic heterocycles. The van der Waals surface area contributed by atoms with Crippen LogP contribution in [0.1, 0.15) is 19.4 Å². The van der Waals surface area contributed by atoms with Gasteiger partial charge in [-0.05, 0) is 17.7 Å². The van der Waals surface area contributed by atoms with E-state index in [0.717, 1.165) is 17.6 Å². The number of fused-ring (bicyclic) bond motifs is 1. The first-order chi connectivity index (χ1) is 8.03. The Morgan fingerprint density at radius 1 is 1.47 bits per heavy atom. The number of thiol groups is 1. The van der Waals surface area contributed by atoms with Gasteiger partial charge in [0.15, 0.2) is 5.58 Å². The van der Waals surface area contributed by atoms with Gasteiger partial charge in [0.2, 0.25) is 0 Å². The highest BCUT2D eigenvalue weighted by molar-refractivity contribution is 7.80. The normalized spacial score (nSPS) is 12.2. The maximum absolute atomic E-state index is 11.1. The molecule has 0 saturated carbocycles. The summed E-state index contributed by atoms with van der Waals surface area (Å²) in [6.45, 7) is 5.11. The van der Waals surface area contributed by atoms with Crippen molar-refractivity contribution in [3.63, 3.8) is 0 Å². The molecule has 0 atom stereocenters. The van der Waals surface area contributed by atoms with Crippen molar-refractivity contribution in [2.75, 3.05) is 12.4 Å². The van der Waals surface area contributed by atoms with E-state index in [2.05, 4.69) is 36.8 Å². The Morgan fingerprint density at radius 3 is 2.94 bits per heavy atom. The van der Waals surface area contributed by atoms with Crippen LogP contribution in [0, 0.1) is 0 Å². The Labute approximate surface area is 105 Å². The van der Waals surface area contributed by atoms with Crippen LogP contribution in [0.3, 0.4) is 0 Å². The average molecular weight is 252 g/mol. The number of hydrogen-bond acceptors (Lipinski definition) is 4. The van der Waals surface area contributed by atoms with E-state index in [-0.39, 0.29) is 5.41 Å². The lowest BCUT2D eigenvalue weighted by Crippen LogP contribution is -2.32. The fraction of sp³-hybridized carbons (Fsp3) is 0.417. The van der Waals surface area contributed by atoms with Gasteiger partial charge in [0, 0.05) is 17.8 Å². The lowest BCUT2D eigenvalue weighted by molar-refractivity contribution is 0.490. The summed E-state index contributed by atoms with van der Waals surface area (Å²) in [6.07, 6.45) is 0. The van der Waals surface area contributed by atoms with Gasteiger partial charge in [-0.25, -0.2) is 4.79 Å². The predicted octanol–water partition coefficient (Wildman–Crippen LogP) is 1.88. The van der Waals surface area contributed by atoms with Crippen molar-refractivity contribution >= 4 is 23.7 Å². The lowest BCUT2D eigenvalue weighted by Gasteiger charge is -2.25. The van der Waals surface area contributed by atoms with Crippen LogP contribution in [-0.4, -0.2) is 17.4 Å². The summed E-state index contributed by atoms with van der Waals surface area (Å²) in [5.74, 6) is 0.234. The Hall–Kier alpha value is -1.20. The lowest BCUT2D eigenvalue weighted by atomic mass is 9.84. The van der Waals surface area contributed by atoms with E-state index < -0.39 is 5.76 Å². The summed E-state index contributed by atoms with van der Waals surface area (Å²) < 4.78 is 4.98. The standard InChI is InChI=1S/C12H16N2O2S/c1-12(2,6-13-7-17)8-3-4-10-9(5-8)14-11(15)16-10/h3-5,13,17H,6-7H2,1-2H3,(H,14,15). The highest BCUT2D eigenvalue weighted by atomic mass is 32.1. The summed E-state index contributed by atoms with van der Waals surface area (Å²) in [4.78, 5) is 13.7. The van der Waals surface area contributed by atoms with Crippen LogP contribution in [0.25, 0.3) is 11.1 Å². The largest absolute Gasteiger partial charge is 0.417 e. The van der Waals surface area contributed by atoms with E-state index in [0.29, 0.717) is 11.5 Å². The van der Waals surface area contributed by atoms with Gasteiger partial charge in [0.25, 0.3) is 0 Å². The van der Waals surface area contributed by atoms with E-state index >= 15 is 0 Å². The van der Waals surface area contributed by atoms with E-state index in [1.165, 1.54) is 0 Å². The van der Waals surface area contributed by atoms with Gasteiger partial charge in [0.05, 0.1) is 5.52 Å². The predicted molar refractivity (Wildman–Crippen MR) is 71.7 cm³/mol. The topological polar surface area (TPSA) is 58.0 Å². The molecule has 1 aromatic carbocycles. The molecule has 1 heterocycles. The summed E-state index contributed by atoms with van der Waals surface area (Å²) >= 11 is 4.13. The molecular weight excluding hydrogens is 236 g/mol. The summed E-state index contributed by atoms with van der Waals surface area (Å²) in [5, 5.41) is 3.21. The van der Waals surface area contributed by atoms with Gasteiger partial charge in [-0.15, -0.1) is 0 Å².